The van der Waals surface area contributed by atoms with Crippen LogP contribution in [0.1, 0.15) is 29.5 Å². The minimum absolute atomic E-state index is 0.566. The van der Waals surface area contributed by atoms with Crippen molar-refractivity contribution >= 4 is 11.0 Å². The predicted molar refractivity (Wildman–Crippen MR) is 57.6 cm³/mol. The highest BCUT2D eigenvalue weighted by Crippen LogP contribution is 2.45. The van der Waals surface area contributed by atoms with Gasteiger partial charge in [0.2, 0.25) is 0 Å². The minimum atomic E-state index is 0.566. The molecule has 0 spiro atoms. The van der Waals surface area contributed by atoms with Gasteiger partial charge in [-0.2, -0.15) is 0 Å². The largest absolute Gasteiger partial charge is 0.309 e. The topological polar surface area (TPSA) is 37.8 Å². The number of rotatable bonds is 0. The number of hydrogen-bond acceptors (Lipinski definition) is 3. The van der Waals surface area contributed by atoms with Gasteiger partial charge >= 0.3 is 0 Å². The van der Waals surface area contributed by atoms with Crippen molar-refractivity contribution < 1.29 is 0 Å². The van der Waals surface area contributed by atoms with Gasteiger partial charge in [-0.1, -0.05) is 0 Å². The van der Waals surface area contributed by atoms with Gasteiger partial charge in [-0.25, -0.2) is 0 Å². The molecule has 1 aromatic carbocycles. The zero-order chi connectivity index (χ0) is 9.83. The molecule has 1 saturated heterocycles. The van der Waals surface area contributed by atoms with Crippen LogP contribution < -0.4 is 5.32 Å². The van der Waals surface area contributed by atoms with Crippen molar-refractivity contribution in [2.24, 2.45) is 0 Å². The maximum atomic E-state index is 4.36. The Labute approximate surface area is 87.6 Å². The van der Waals surface area contributed by atoms with Crippen LogP contribution >= 0.6 is 0 Å². The van der Waals surface area contributed by atoms with Crippen LogP contribution in [-0.2, 0) is 0 Å². The molecule has 4 rings (SSSR count). The SMILES string of the molecule is c1cnc2cc3c(cc2n1)C1CNC3C1. The lowest BCUT2D eigenvalue weighted by atomic mass is 9.99. The second kappa shape index (κ2) is 2.55. The van der Waals surface area contributed by atoms with Gasteiger partial charge in [0.15, 0.2) is 0 Å². The Morgan fingerprint density at radius 2 is 1.80 bits per heavy atom. The van der Waals surface area contributed by atoms with Gasteiger partial charge < -0.3 is 5.32 Å². The Morgan fingerprint density at radius 1 is 1.07 bits per heavy atom. The number of fused-ring (bicyclic) bond motifs is 6. The molecule has 2 aromatic rings. The summed E-state index contributed by atoms with van der Waals surface area (Å²) in [6.07, 6.45) is 4.78. The van der Waals surface area contributed by atoms with Crippen molar-refractivity contribution in [1.82, 2.24) is 15.3 Å². The van der Waals surface area contributed by atoms with E-state index in [0.29, 0.717) is 12.0 Å². The van der Waals surface area contributed by atoms with E-state index in [4.69, 9.17) is 0 Å². The third-order valence-corrected chi connectivity index (χ3v) is 3.62. The molecule has 15 heavy (non-hydrogen) atoms. The summed E-state index contributed by atoms with van der Waals surface area (Å²) in [5, 5.41) is 3.53. The van der Waals surface area contributed by atoms with Crippen molar-refractivity contribution in [1.29, 1.82) is 0 Å². The molecule has 74 valence electrons. The normalized spacial score (nSPS) is 27.2. The molecular formula is C12H11N3. The van der Waals surface area contributed by atoms with E-state index in [1.54, 1.807) is 12.4 Å². The summed E-state index contributed by atoms with van der Waals surface area (Å²) >= 11 is 0. The second-order valence-corrected chi connectivity index (χ2v) is 4.42. The van der Waals surface area contributed by atoms with Gasteiger partial charge in [0.05, 0.1) is 11.0 Å². The van der Waals surface area contributed by atoms with Crippen molar-refractivity contribution in [2.45, 2.75) is 18.4 Å². The van der Waals surface area contributed by atoms with Crippen molar-refractivity contribution in [3.63, 3.8) is 0 Å². The Kier molecular flexibility index (Phi) is 1.32. The van der Waals surface area contributed by atoms with Crippen LogP contribution in [0.3, 0.4) is 0 Å². The maximum Gasteiger partial charge on any atom is 0.0890 e. The summed E-state index contributed by atoms with van der Waals surface area (Å²) < 4.78 is 0. The first-order valence-electron chi connectivity index (χ1n) is 5.40. The van der Waals surface area contributed by atoms with Crippen LogP contribution in [0.4, 0.5) is 0 Å². The van der Waals surface area contributed by atoms with E-state index in [2.05, 4.69) is 27.4 Å². The Hall–Kier alpha value is -1.48. The fourth-order valence-electron chi connectivity index (χ4n) is 2.91. The third-order valence-electron chi connectivity index (χ3n) is 3.62. The van der Waals surface area contributed by atoms with E-state index in [-0.39, 0.29) is 0 Å². The molecule has 1 aromatic heterocycles. The number of aromatic nitrogens is 2. The van der Waals surface area contributed by atoms with Crippen LogP contribution in [0.15, 0.2) is 24.5 Å². The van der Waals surface area contributed by atoms with Crippen molar-refractivity contribution in [3.8, 4) is 0 Å². The molecule has 2 heterocycles. The molecule has 1 N–H and O–H groups in total. The number of benzene rings is 1. The van der Waals surface area contributed by atoms with Gasteiger partial charge in [0.1, 0.15) is 0 Å². The molecule has 0 saturated carbocycles. The lowest BCUT2D eigenvalue weighted by Crippen LogP contribution is -2.19. The molecule has 1 aliphatic heterocycles. The maximum absolute atomic E-state index is 4.36. The first-order chi connectivity index (χ1) is 7.42. The second-order valence-electron chi connectivity index (χ2n) is 4.42. The molecule has 3 heteroatoms. The fourth-order valence-corrected chi connectivity index (χ4v) is 2.91. The Bertz CT molecular complexity index is 501. The summed E-state index contributed by atoms with van der Waals surface area (Å²) in [6.45, 7) is 1.13. The number of nitrogens with one attached hydrogen (secondary N) is 1. The highest BCUT2D eigenvalue weighted by molar-refractivity contribution is 5.77. The summed E-state index contributed by atoms with van der Waals surface area (Å²) in [7, 11) is 0. The highest BCUT2D eigenvalue weighted by atomic mass is 15.0. The van der Waals surface area contributed by atoms with E-state index >= 15 is 0 Å². The highest BCUT2D eigenvalue weighted by Gasteiger charge is 2.36. The summed E-state index contributed by atoms with van der Waals surface area (Å²) in [5.41, 5.74) is 4.99. The molecule has 2 bridgehead atoms. The summed E-state index contributed by atoms with van der Waals surface area (Å²) in [6, 6.07) is 4.99. The van der Waals surface area contributed by atoms with Crippen LogP contribution in [-0.4, -0.2) is 16.5 Å². The van der Waals surface area contributed by atoms with Crippen molar-refractivity contribution in [3.05, 3.63) is 35.7 Å². The number of nitrogens with zero attached hydrogens (tertiary/aromatic N) is 2. The average Bonchev–Trinajstić information content (AvgIpc) is 2.87. The molecule has 3 nitrogen and oxygen atoms in total. The monoisotopic (exact) mass is 197 g/mol. The van der Waals surface area contributed by atoms with Gasteiger partial charge in [0.25, 0.3) is 0 Å². The fraction of sp³-hybridized carbons (Fsp3) is 0.333. The van der Waals surface area contributed by atoms with Crippen LogP contribution in [0.2, 0.25) is 0 Å². The lowest BCUT2D eigenvalue weighted by Gasteiger charge is -2.16. The summed E-state index contributed by atoms with van der Waals surface area (Å²) in [5.74, 6) is 0.705. The lowest BCUT2D eigenvalue weighted by molar-refractivity contribution is 0.650. The van der Waals surface area contributed by atoms with Gasteiger partial charge in [-0.15, -0.1) is 0 Å². The van der Waals surface area contributed by atoms with Crippen LogP contribution in [0.5, 0.6) is 0 Å². The third kappa shape index (κ3) is 0.934. The van der Waals surface area contributed by atoms with Crippen LogP contribution in [0, 0.1) is 0 Å². The molecule has 1 fully saturated rings. The van der Waals surface area contributed by atoms with E-state index in [0.717, 1.165) is 17.6 Å². The summed E-state index contributed by atoms with van der Waals surface area (Å²) in [4.78, 5) is 8.71. The molecule has 2 unspecified atom stereocenters. The predicted octanol–water partition coefficient (Wildman–Crippen LogP) is 1.76. The number of hydrogen-bond donors (Lipinski definition) is 1. The molecule has 0 amide bonds. The molecule has 2 atom stereocenters. The first kappa shape index (κ1) is 7.77. The van der Waals surface area contributed by atoms with Crippen LogP contribution in [0.25, 0.3) is 11.0 Å². The van der Waals surface area contributed by atoms with E-state index in [1.165, 1.54) is 17.5 Å². The van der Waals surface area contributed by atoms with Gasteiger partial charge in [-0.05, 0) is 35.6 Å². The first-order valence-corrected chi connectivity index (χ1v) is 5.40. The quantitative estimate of drug-likeness (QED) is 0.699. The minimum Gasteiger partial charge on any atom is -0.309 e. The zero-order valence-electron chi connectivity index (χ0n) is 8.27. The molecule has 0 radical (unpaired) electrons. The van der Waals surface area contributed by atoms with Gasteiger partial charge in [0, 0.05) is 25.0 Å². The standard InChI is InChI=1S/C12H11N3/c1-2-14-12-5-9-8(4-11(12)13-1)7-3-10(9)15-6-7/h1-2,4-5,7,10,15H,3,6H2. The van der Waals surface area contributed by atoms with Crippen molar-refractivity contribution in [2.75, 3.05) is 6.54 Å². The average molecular weight is 197 g/mol. The molecular weight excluding hydrogens is 186 g/mol. The molecule has 1 aliphatic carbocycles. The Balaban J connectivity index is 2.06. The van der Waals surface area contributed by atoms with E-state index < -0.39 is 0 Å². The smallest absolute Gasteiger partial charge is 0.0890 e. The zero-order valence-corrected chi connectivity index (χ0v) is 8.27. The van der Waals surface area contributed by atoms with E-state index in [9.17, 15) is 0 Å². The van der Waals surface area contributed by atoms with E-state index in [1.807, 2.05) is 0 Å². The Morgan fingerprint density at radius 3 is 2.60 bits per heavy atom. The van der Waals surface area contributed by atoms with Gasteiger partial charge in [-0.3, -0.25) is 9.97 Å². The molecule has 2 aliphatic rings.